The molecule has 0 radical (unpaired) electrons. The minimum atomic E-state index is 0.778. The van der Waals surface area contributed by atoms with E-state index in [4.69, 9.17) is 12.2 Å². The lowest BCUT2D eigenvalue weighted by Gasteiger charge is -2.07. The van der Waals surface area contributed by atoms with E-state index in [2.05, 4.69) is 35.6 Å². The van der Waals surface area contributed by atoms with Crippen molar-refractivity contribution < 1.29 is 0 Å². The van der Waals surface area contributed by atoms with Gasteiger partial charge >= 0.3 is 0 Å². The maximum Gasteiger partial charge on any atom is 0.121 e. The second-order valence-corrected chi connectivity index (χ2v) is 5.35. The predicted molar refractivity (Wildman–Crippen MR) is 83.6 cm³/mol. The van der Waals surface area contributed by atoms with Gasteiger partial charge in [0.2, 0.25) is 0 Å². The Labute approximate surface area is 115 Å². The van der Waals surface area contributed by atoms with Crippen molar-refractivity contribution >= 4 is 45.0 Å². The standard InChI is InChI=1S/C15H11NS2/c17-15(14-6-3-9-18-14)16-13-8-7-11-4-1-2-5-12(11)10-13/h1-10H,(H,16,17). The van der Waals surface area contributed by atoms with Crippen LogP contribution in [0.1, 0.15) is 4.88 Å². The Kier molecular flexibility index (Phi) is 3.09. The Bertz CT molecular complexity index is 687. The summed E-state index contributed by atoms with van der Waals surface area (Å²) >= 11 is 7.03. The van der Waals surface area contributed by atoms with Gasteiger partial charge in [0.15, 0.2) is 0 Å². The third kappa shape index (κ3) is 2.28. The van der Waals surface area contributed by atoms with Crippen molar-refractivity contribution in [1.29, 1.82) is 0 Å². The smallest absolute Gasteiger partial charge is 0.121 e. The van der Waals surface area contributed by atoms with E-state index >= 15 is 0 Å². The summed E-state index contributed by atoms with van der Waals surface area (Å²) in [6.45, 7) is 0. The normalized spacial score (nSPS) is 10.4. The Morgan fingerprint density at radius 2 is 1.78 bits per heavy atom. The van der Waals surface area contributed by atoms with Crippen LogP contribution in [0.4, 0.5) is 5.69 Å². The van der Waals surface area contributed by atoms with Gasteiger partial charge in [-0.25, -0.2) is 0 Å². The highest BCUT2D eigenvalue weighted by molar-refractivity contribution is 7.81. The van der Waals surface area contributed by atoms with Gasteiger partial charge in [-0.1, -0.05) is 48.6 Å². The molecule has 0 aliphatic rings. The third-order valence-electron chi connectivity index (χ3n) is 2.75. The minimum Gasteiger partial charge on any atom is -0.345 e. The van der Waals surface area contributed by atoms with Gasteiger partial charge in [0.05, 0.1) is 4.88 Å². The van der Waals surface area contributed by atoms with Crippen molar-refractivity contribution in [1.82, 2.24) is 0 Å². The van der Waals surface area contributed by atoms with Crippen LogP contribution in [0.5, 0.6) is 0 Å². The maximum atomic E-state index is 5.38. The number of anilines is 1. The van der Waals surface area contributed by atoms with Gasteiger partial charge in [0, 0.05) is 5.69 Å². The molecule has 3 rings (SSSR count). The number of fused-ring (bicyclic) bond motifs is 1. The highest BCUT2D eigenvalue weighted by Crippen LogP contribution is 2.20. The molecule has 18 heavy (non-hydrogen) atoms. The summed E-state index contributed by atoms with van der Waals surface area (Å²) in [5, 5.41) is 7.77. The van der Waals surface area contributed by atoms with Crippen molar-refractivity contribution in [2.75, 3.05) is 5.32 Å². The summed E-state index contributed by atoms with van der Waals surface area (Å²) in [4.78, 5) is 1.87. The van der Waals surface area contributed by atoms with Gasteiger partial charge in [-0.3, -0.25) is 0 Å². The van der Waals surface area contributed by atoms with E-state index in [9.17, 15) is 0 Å². The summed E-state index contributed by atoms with van der Waals surface area (Å²) < 4.78 is 0. The van der Waals surface area contributed by atoms with E-state index in [1.54, 1.807) is 11.3 Å². The van der Waals surface area contributed by atoms with Gasteiger partial charge in [0.25, 0.3) is 0 Å². The molecule has 1 N–H and O–H groups in total. The molecular weight excluding hydrogens is 258 g/mol. The molecule has 3 heteroatoms. The first-order valence-electron chi connectivity index (χ1n) is 5.66. The van der Waals surface area contributed by atoms with Gasteiger partial charge in [-0.2, -0.15) is 0 Å². The quantitative estimate of drug-likeness (QED) is 0.677. The molecule has 1 aromatic heterocycles. The molecule has 0 atom stereocenters. The van der Waals surface area contributed by atoms with Crippen LogP contribution in [0.15, 0.2) is 60.0 Å². The topological polar surface area (TPSA) is 12.0 Å². The van der Waals surface area contributed by atoms with Crippen molar-refractivity contribution in [2.45, 2.75) is 0 Å². The summed E-state index contributed by atoms with van der Waals surface area (Å²) in [6.07, 6.45) is 0. The first kappa shape index (κ1) is 11.4. The van der Waals surface area contributed by atoms with Crippen LogP contribution in [0.2, 0.25) is 0 Å². The molecule has 0 aliphatic heterocycles. The van der Waals surface area contributed by atoms with E-state index < -0.39 is 0 Å². The Balaban J connectivity index is 1.89. The van der Waals surface area contributed by atoms with Gasteiger partial charge in [-0.05, 0) is 34.4 Å². The number of hydrogen-bond donors (Lipinski definition) is 1. The molecule has 3 aromatic rings. The second-order valence-electron chi connectivity index (χ2n) is 3.99. The monoisotopic (exact) mass is 269 g/mol. The molecule has 0 amide bonds. The van der Waals surface area contributed by atoms with E-state index in [0.717, 1.165) is 15.6 Å². The summed E-state index contributed by atoms with van der Waals surface area (Å²) in [7, 11) is 0. The second kappa shape index (κ2) is 4.88. The highest BCUT2D eigenvalue weighted by atomic mass is 32.1. The molecule has 0 unspecified atom stereocenters. The fourth-order valence-corrected chi connectivity index (χ4v) is 2.82. The van der Waals surface area contributed by atoms with Crippen LogP contribution in [-0.4, -0.2) is 4.99 Å². The SMILES string of the molecule is S=C(Nc1ccc2ccccc2c1)c1cccs1. The van der Waals surface area contributed by atoms with Crippen LogP contribution in [0.25, 0.3) is 10.8 Å². The molecule has 88 valence electrons. The first-order valence-corrected chi connectivity index (χ1v) is 6.95. The molecule has 1 heterocycles. The summed E-state index contributed by atoms with van der Waals surface area (Å²) in [5.74, 6) is 0. The average molecular weight is 269 g/mol. The minimum absolute atomic E-state index is 0.778. The van der Waals surface area contributed by atoms with Crippen LogP contribution < -0.4 is 5.32 Å². The summed E-state index contributed by atoms with van der Waals surface area (Å²) in [6, 6.07) is 18.6. The average Bonchev–Trinajstić information content (AvgIpc) is 2.92. The highest BCUT2D eigenvalue weighted by Gasteiger charge is 2.02. The number of benzene rings is 2. The Morgan fingerprint density at radius 1 is 0.944 bits per heavy atom. The van der Waals surface area contributed by atoms with Crippen molar-refractivity contribution in [3.8, 4) is 0 Å². The third-order valence-corrected chi connectivity index (χ3v) is 4.09. The molecule has 0 aliphatic carbocycles. The fourth-order valence-electron chi connectivity index (χ4n) is 1.87. The van der Waals surface area contributed by atoms with Crippen molar-refractivity contribution in [2.24, 2.45) is 0 Å². The lowest BCUT2D eigenvalue weighted by Crippen LogP contribution is -2.08. The van der Waals surface area contributed by atoms with Crippen LogP contribution in [0.3, 0.4) is 0 Å². The molecule has 0 saturated heterocycles. The van der Waals surface area contributed by atoms with Gasteiger partial charge < -0.3 is 5.32 Å². The molecule has 0 spiro atoms. The Morgan fingerprint density at radius 3 is 2.56 bits per heavy atom. The maximum absolute atomic E-state index is 5.38. The van der Waals surface area contributed by atoms with Crippen LogP contribution in [-0.2, 0) is 0 Å². The van der Waals surface area contributed by atoms with Crippen LogP contribution in [0, 0.1) is 0 Å². The number of rotatable bonds is 2. The molecule has 0 fully saturated rings. The lowest BCUT2D eigenvalue weighted by atomic mass is 10.1. The number of thiophene rings is 1. The lowest BCUT2D eigenvalue weighted by molar-refractivity contribution is 1.68. The number of thiocarbonyl (C=S) groups is 1. The summed E-state index contributed by atoms with van der Waals surface area (Å²) in [5.41, 5.74) is 1.03. The first-order chi connectivity index (χ1) is 8.83. The number of nitrogens with one attached hydrogen (secondary N) is 1. The Hall–Kier alpha value is -1.71. The zero-order valence-electron chi connectivity index (χ0n) is 9.59. The van der Waals surface area contributed by atoms with E-state index in [0.29, 0.717) is 0 Å². The molecule has 2 aromatic carbocycles. The van der Waals surface area contributed by atoms with Crippen molar-refractivity contribution in [3.63, 3.8) is 0 Å². The zero-order chi connectivity index (χ0) is 12.4. The predicted octanol–water partition coefficient (Wildman–Crippen LogP) is 4.69. The fraction of sp³-hybridized carbons (Fsp3) is 0. The largest absolute Gasteiger partial charge is 0.345 e. The molecular formula is C15H11NS2. The molecule has 0 bridgehead atoms. The van der Waals surface area contributed by atoms with Gasteiger partial charge in [0.1, 0.15) is 4.99 Å². The van der Waals surface area contributed by atoms with E-state index in [-0.39, 0.29) is 0 Å². The van der Waals surface area contributed by atoms with Crippen molar-refractivity contribution in [3.05, 3.63) is 64.9 Å². The molecule has 0 saturated carbocycles. The van der Waals surface area contributed by atoms with Crippen LogP contribution >= 0.6 is 23.6 Å². The molecule has 1 nitrogen and oxygen atoms in total. The number of hydrogen-bond acceptors (Lipinski definition) is 2. The van der Waals surface area contributed by atoms with E-state index in [1.165, 1.54) is 10.8 Å². The van der Waals surface area contributed by atoms with Gasteiger partial charge in [-0.15, -0.1) is 11.3 Å². The van der Waals surface area contributed by atoms with E-state index in [1.807, 2.05) is 29.6 Å². The zero-order valence-corrected chi connectivity index (χ0v) is 11.2.